The topological polar surface area (TPSA) is 86.5 Å². The Kier molecular flexibility index (Phi) is 4.69. The number of benzene rings is 2. The molecule has 138 valence electrons. The molecule has 1 N–H and O–H groups in total. The van der Waals surface area contributed by atoms with Crippen molar-refractivity contribution in [3.8, 4) is 22.9 Å². The second-order valence-corrected chi connectivity index (χ2v) is 5.96. The van der Waals surface area contributed by atoms with Crippen molar-refractivity contribution < 1.29 is 23.2 Å². The lowest BCUT2D eigenvalue weighted by Crippen LogP contribution is -2.23. The zero-order valence-electron chi connectivity index (χ0n) is 14.3. The molecule has 8 heteroatoms. The normalized spacial score (nSPS) is 12.2. The van der Waals surface area contributed by atoms with Crippen LogP contribution in [0.25, 0.3) is 11.4 Å². The Morgan fingerprint density at radius 3 is 2.89 bits per heavy atom. The highest BCUT2D eigenvalue weighted by Crippen LogP contribution is 2.32. The third-order valence-corrected chi connectivity index (χ3v) is 4.08. The van der Waals surface area contributed by atoms with Gasteiger partial charge in [0, 0.05) is 19.4 Å². The van der Waals surface area contributed by atoms with Crippen LogP contribution in [0.15, 0.2) is 47.0 Å². The standard InChI is InChI=1S/C19H16FN3O4/c20-14-4-2-1-3-13(14)19-22-18(27-23-19)8-7-17(24)21-10-12-5-6-15-16(9-12)26-11-25-15/h1-6,9H,7-8,10-11H2,(H,21,24). The minimum Gasteiger partial charge on any atom is -0.454 e. The fraction of sp³-hybridized carbons (Fsp3) is 0.211. The van der Waals surface area contributed by atoms with E-state index in [1.807, 2.05) is 18.2 Å². The number of nitrogens with zero attached hydrogens (tertiary/aromatic N) is 2. The predicted molar refractivity (Wildman–Crippen MR) is 92.4 cm³/mol. The van der Waals surface area contributed by atoms with E-state index in [1.54, 1.807) is 18.2 Å². The van der Waals surface area contributed by atoms with E-state index >= 15 is 0 Å². The van der Waals surface area contributed by atoms with Crippen molar-refractivity contribution in [2.75, 3.05) is 6.79 Å². The maximum absolute atomic E-state index is 13.7. The van der Waals surface area contributed by atoms with E-state index in [0.29, 0.717) is 18.0 Å². The van der Waals surface area contributed by atoms with Crippen molar-refractivity contribution in [1.29, 1.82) is 0 Å². The van der Waals surface area contributed by atoms with E-state index in [9.17, 15) is 9.18 Å². The summed E-state index contributed by atoms with van der Waals surface area (Å²) in [6.07, 6.45) is 0.456. The lowest BCUT2D eigenvalue weighted by molar-refractivity contribution is -0.121. The van der Waals surface area contributed by atoms with Gasteiger partial charge in [0.05, 0.1) is 5.56 Å². The summed E-state index contributed by atoms with van der Waals surface area (Å²) in [5.41, 5.74) is 1.17. The van der Waals surface area contributed by atoms with Gasteiger partial charge >= 0.3 is 0 Å². The number of nitrogens with one attached hydrogen (secondary N) is 1. The van der Waals surface area contributed by atoms with Crippen molar-refractivity contribution in [2.45, 2.75) is 19.4 Å². The monoisotopic (exact) mass is 369 g/mol. The van der Waals surface area contributed by atoms with Gasteiger partial charge in [0.15, 0.2) is 11.5 Å². The fourth-order valence-corrected chi connectivity index (χ4v) is 2.67. The van der Waals surface area contributed by atoms with Crippen LogP contribution >= 0.6 is 0 Å². The summed E-state index contributed by atoms with van der Waals surface area (Å²) < 4.78 is 29.4. The van der Waals surface area contributed by atoms with Crippen molar-refractivity contribution in [3.05, 3.63) is 59.7 Å². The summed E-state index contributed by atoms with van der Waals surface area (Å²) in [6.45, 7) is 0.587. The van der Waals surface area contributed by atoms with Gasteiger partial charge in [-0.3, -0.25) is 4.79 Å². The van der Waals surface area contributed by atoms with Crippen molar-refractivity contribution in [2.24, 2.45) is 0 Å². The lowest BCUT2D eigenvalue weighted by atomic mass is 10.2. The minimum absolute atomic E-state index is 0.154. The average molecular weight is 369 g/mol. The zero-order chi connectivity index (χ0) is 18.6. The third kappa shape index (κ3) is 3.89. The molecule has 7 nitrogen and oxygen atoms in total. The number of carbonyl (C=O) groups excluding carboxylic acids is 1. The smallest absolute Gasteiger partial charge is 0.231 e. The zero-order valence-corrected chi connectivity index (χ0v) is 14.3. The molecule has 2 heterocycles. The minimum atomic E-state index is -0.425. The molecule has 2 aromatic carbocycles. The molecule has 0 aliphatic carbocycles. The predicted octanol–water partition coefficient (Wildman–Crippen LogP) is 2.85. The maximum Gasteiger partial charge on any atom is 0.231 e. The van der Waals surface area contributed by atoms with Crippen LogP contribution in [0.3, 0.4) is 0 Å². The van der Waals surface area contributed by atoms with Gasteiger partial charge in [-0.2, -0.15) is 4.98 Å². The molecule has 0 saturated heterocycles. The van der Waals surface area contributed by atoms with Gasteiger partial charge in [0.25, 0.3) is 0 Å². The van der Waals surface area contributed by atoms with Gasteiger partial charge in [0.2, 0.25) is 24.4 Å². The second-order valence-electron chi connectivity index (χ2n) is 5.96. The number of aromatic nitrogens is 2. The van der Waals surface area contributed by atoms with E-state index in [4.69, 9.17) is 14.0 Å². The van der Waals surface area contributed by atoms with E-state index in [2.05, 4.69) is 15.5 Å². The van der Waals surface area contributed by atoms with Crippen LogP contribution in [0, 0.1) is 5.82 Å². The first-order valence-electron chi connectivity index (χ1n) is 8.42. The van der Waals surface area contributed by atoms with Gasteiger partial charge in [0.1, 0.15) is 5.82 Å². The van der Waals surface area contributed by atoms with Gasteiger partial charge in [-0.1, -0.05) is 23.4 Å². The van der Waals surface area contributed by atoms with Gasteiger partial charge < -0.3 is 19.3 Å². The Morgan fingerprint density at radius 2 is 2.00 bits per heavy atom. The lowest BCUT2D eigenvalue weighted by Gasteiger charge is -2.05. The summed E-state index contributed by atoms with van der Waals surface area (Å²) in [7, 11) is 0. The molecule has 1 aliphatic rings. The second kappa shape index (κ2) is 7.45. The molecular weight excluding hydrogens is 353 g/mol. The highest BCUT2D eigenvalue weighted by Gasteiger charge is 2.15. The summed E-state index contributed by atoms with van der Waals surface area (Å²) in [6, 6.07) is 11.7. The number of fused-ring (bicyclic) bond motifs is 1. The van der Waals surface area contributed by atoms with Crippen LogP contribution in [0.1, 0.15) is 17.9 Å². The van der Waals surface area contributed by atoms with Gasteiger partial charge in [-0.15, -0.1) is 0 Å². The van der Waals surface area contributed by atoms with Gasteiger partial charge in [-0.05, 0) is 29.8 Å². The van der Waals surface area contributed by atoms with E-state index in [0.717, 1.165) is 5.56 Å². The largest absolute Gasteiger partial charge is 0.454 e. The molecule has 1 aromatic heterocycles. The third-order valence-electron chi connectivity index (χ3n) is 4.08. The molecule has 0 fully saturated rings. The summed E-state index contributed by atoms with van der Waals surface area (Å²) in [5.74, 6) is 1.25. The number of carbonyl (C=O) groups is 1. The number of aryl methyl sites for hydroxylation is 1. The number of ether oxygens (including phenoxy) is 2. The van der Waals surface area contributed by atoms with Crippen LogP contribution in [0.4, 0.5) is 4.39 Å². The molecule has 1 aliphatic heterocycles. The first kappa shape index (κ1) is 17.0. The molecule has 1 amide bonds. The van der Waals surface area contributed by atoms with E-state index in [-0.39, 0.29) is 42.8 Å². The number of rotatable bonds is 6. The Bertz CT molecular complexity index is 973. The summed E-state index contributed by atoms with van der Waals surface area (Å²) in [4.78, 5) is 16.2. The maximum atomic E-state index is 13.7. The number of halogens is 1. The molecule has 0 radical (unpaired) electrons. The molecule has 0 atom stereocenters. The molecule has 0 unspecified atom stereocenters. The molecular formula is C19H16FN3O4. The van der Waals surface area contributed by atoms with Gasteiger partial charge in [-0.25, -0.2) is 4.39 Å². The molecule has 0 bridgehead atoms. The fourth-order valence-electron chi connectivity index (χ4n) is 2.67. The molecule has 27 heavy (non-hydrogen) atoms. The first-order valence-corrected chi connectivity index (χ1v) is 8.42. The van der Waals surface area contributed by atoms with E-state index < -0.39 is 5.82 Å². The Labute approximate surface area is 154 Å². The number of hydrogen-bond acceptors (Lipinski definition) is 6. The van der Waals surface area contributed by atoms with Crippen molar-refractivity contribution in [1.82, 2.24) is 15.5 Å². The summed E-state index contributed by atoms with van der Waals surface area (Å²) >= 11 is 0. The Morgan fingerprint density at radius 1 is 1.15 bits per heavy atom. The SMILES string of the molecule is O=C(CCc1nc(-c2ccccc2F)no1)NCc1ccc2c(c1)OCO2. The highest BCUT2D eigenvalue weighted by atomic mass is 19.1. The number of hydrogen-bond donors (Lipinski definition) is 1. The van der Waals surface area contributed by atoms with Crippen LogP contribution < -0.4 is 14.8 Å². The van der Waals surface area contributed by atoms with Crippen molar-refractivity contribution >= 4 is 5.91 Å². The molecule has 0 saturated carbocycles. The van der Waals surface area contributed by atoms with E-state index in [1.165, 1.54) is 6.07 Å². The highest BCUT2D eigenvalue weighted by molar-refractivity contribution is 5.76. The summed E-state index contributed by atoms with van der Waals surface area (Å²) in [5, 5.41) is 6.59. The first-order chi connectivity index (χ1) is 13.2. The Balaban J connectivity index is 1.29. The van der Waals surface area contributed by atoms with Crippen LogP contribution in [0.2, 0.25) is 0 Å². The van der Waals surface area contributed by atoms with Crippen molar-refractivity contribution in [3.63, 3.8) is 0 Å². The molecule has 0 spiro atoms. The molecule has 4 rings (SSSR count). The van der Waals surface area contributed by atoms with Crippen LogP contribution in [-0.2, 0) is 17.8 Å². The van der Waals surface area contributed by atoms with Crippen LogP contribution in [-0.4, -0.2) is 22.8 Å². The molecule has 3 aromatic rings. The van der Waals surface area contributed by atoms with Crippen LogP contribution in [0.5, 0.6) is 11.5 Å². The Hall–Kier alpha value is -3.42. The average Bonchev–Trinajstić information content (AvgIpc) is 3.34. The number of amides is 1. The quantitative estimate of drug-likeness (QED) is 0.719.